The lowest BCUT2D eigenvalue weighted by Crippen LogP contribution is -2.15. The van der Waals surface area contributed by atoms with Crippen molar-refractivity contribution in [2.24, 2.45) is 0 Å². The molecule has 0 bridgehead atoms. The average molecular weight is 364 g/mol. The van der Waals surface area contributed by atoms with Crippen LogP contribution in [-0.4, -0.2) is 31.2 Å². The van der Waals surface area contributed by atoms with E-state index in [9.17, 15) is 4.79 Å². The predicted octanol–water partition coefficient (Wildman–Crippen LogP) is 3.82. The second-order valence-corrected chi connectivity index (χ2v) is 7.98. The number of benzene rings is 2. The Morgan fingerprint density at radius 1 is 1.12 bits per heavy atom. The summed E-state index contributed by atoms with van der Waals surface area (Å²) in [5.74, 6) is 0.114. The molecule has 1 aromatic heterocycles. The number of hydrogen-bond donors (Lipinski definition) is 0. The minimum Gasteiger partial charge on any atom is -0.293 e. The van der Waals surface area contributed by atoms with Gasteiger partial charge in [-0.1, -0.05) is 41.6 Å². The van der Waals surface area contributed by atoms with Crippen LogP contribution in [0.2, 0.25) is 0 Å². The van der Waals surface area contributed by atoms with Crippen LogP contribution in [0.25, 0.3) is 5.69 Å². The first-order chi connectivity index (χ1) is 12.6. The molecule has 5 nitrogen and oxygen atoms in total. The number of rotatable bonds is 5. The highest BCUT2D eigenvalue weighted by molar-refractivity contribution is 8.00. The van der Waals surface area contributed by atoms with Crippen LogP contribution in [0.5, 0.6) is 0 Å². The molecule has 0 unspecified atom stereocenters. The largest absolute Gasteiger partial charge is 0.293 e. The summed E-state index contributed by atoms with van der Waals surface area (Å²) >= 11 is 1.39. The van der Waals surface area contributed by atoms with Gasteiger partial charge in [-0.3, -0.25) is 4.79 Å². The molecule has 6 heteroatoms. The third kappa shape index (κ3) is 3.29. The fraction of sp³-hybridized carbons (Fsp3) is 0.300. The van der Waals surface area contributed by atoms with Gasteiger partial charge in [-0.05, 0) is 72.9 Å². The third-order valence-electron chi connectivity index (χ3n) is 4.75. The fourth-order valence-electron chi connectivity index (χ4n) is 3.27. The number of fused-ring (bicyclic) bond motifs is 1. The summed E-state index contributed by atoms with van der Waals surface area (Å²) in [6.07, 6.45) is 3.38. The number of tetrazole rings is 1. The van der Waals surface area contributed by atoms with Crippen LogP contribution in [-0.2, 0) is 12.8 Å². The van der Waals surface area contributed by atoms with Gasteiger partial charge >= 0.3 is 0 Å². The Morgan fingerprint density at radius 3 is 2.69 bits per heavy atom. The molecule has 3 aromatic rings. The first-order valence-electron chi connectivity index (χ1n) is 8.80. The summed E-state index contributed by atoms with van der Waals surface area (Å²) in [6, 6.07) is 14.1. The summed E-state index contributed by atoms with van der Waals surface area (Å²) in [5, 5.41) is 12.3. The van der Waals surface area contributed by atoms with Gasteiger partial charge in [0.1, 0.15) is 0 Å². The molecule has 1 atom stereocenters. The van der Waals surface area contributed by atoms with E-state index >= 15 is 0 Å². The monoisotopic (exact) mass is 364 g/mol. The Labute approximate surface area is 156 Å². The van der Waals surface area contributed by atoms with Crippen LogP contribution in [0.1, 0.15) is 40.4 Å². The van der Waals surface area contributed by atoms with Crippen molar-refractivity contribution in [2.45, 2.75) is 43.5 Å². The van der Waals surface area contributed by atoms with E-state index in [0.717, 1.165) is 24.1 Å². The van der Waals surface area contributed by atoms with Crippen molar-refractivity contribution in [1.29, 1.82) is 0 Å². The molecule has 0 saturated carbocycles. The maximum absolute atomic E-state index is 12.9. The summed E-state index contributed by atoms with van der Waals surface area (Å²) in [4.78, 5) is 12.9. The minimum atomic E-state index is -0.260. The van der Waals surface area contributed by atoms with Crippen LogP contribution in [0.3, 0.4) is 0 Å². The van der Waals surface area contributed by atoms with E-state index in [1.165, 1.54) is 34.9 Å². The number of aryl methyl sites for hydroxylation is 3. The number of Topliss-reactive ketones (excluding diaryl/α,β-unsaturated/α-hetero) is 1. The number of aromatic nitrogens is 4. The quantitative estimate of drug-likeness (QED) is 0.509. The van der Waals surface area contributed by atoms with Gasteiger partial charge in [-0.25, -0.2) is 0 Å². The van der Waals surface area contributed by atoms with Crippen molar-refractivity contribution in [3.05, 3.63) is 64.7 Å². The molecule has 0 N–H and O–H groups in total. The van der Waals surface area contributed by atoms with Crippen molar-refractivity contribution in [3.63, 3.8) is 0 Å². The van der Waals surface area contributed by atoms with Crippen LogP contribution < -0.4 is 0 Å². The molecule has 0 aliphatic heterocycles. The summed E-state index contributed by atoms with van der Waals surface area (Å²) in [6.45, 7) is 3.95. The van der Waals surface area contributed by atoms with E-state index in [1.54, 1.807) is 4.68 Å². The summed E-state index contributed by atoms with van der Waals surface area (Å²) in [5.41, 5.74) is 5.54. The molecule has 0 fully saturated rings. The molecule has 0 spiro atoms. The van der Waals surface area contributed by atoms with Gasteiger partial charge in [0, 0.05) is 5.56 Å². The number of carbonyl (C=O) groups excluding carboxylic acids is 1. The maximum atomic E-state index is 12.9. The maximum Gasteiger partial charge on any atom is 0.214 e. The average Bonchev–Trinajstić information content (AvgIpc) is 3.30. The van der Waals surface area contributed by atoms with Crippen LogP contribution in [0.15, 0.2) is 47.6 Å². The molecule has 1 heterocycles. The van der Waals surface area contributed by atoms with Gasteiger partial charge in [0.05, 0.1) is 10.9 Å². The molecule has 1 aliphatic carbocycles. The Balaban J connectivity index is 1.53. The molecule has 132 valence electrons. The Hall–Kier alpha value is -2.47. The number of thioether (sulfide) groups is 1. The molecule has 4 rings (SSSR count). The van der Waals surface area contributed by atoms with Gasteiger partial charge in [0.2, 0.25) is 5.16 Å². The van der Waals surface area contributed by atoms with Gasteiger partial charge in [-0.2, -0.15) is 4.68 Å². The molecule has 26 heavy (non-hydrogen) atoms. The van der Waals surface area contributed by atoms with E-state index < -0.39 is 0 Å². The Bertz CT molecular complexity index is 949. The fourth-order valence-corrected chi connectivity index (χ4v) is 4.16. The van der Waals surface area contributed by atoms with E-state index in [1.807, 2.05) is 44.2 Å². The lowest BCUT2D eigenvalue weighted by Gasteiger charge is -2.11. The second-order valence-electron chi connectivity index (χ2n) is 6.67. The Kier molecular flexibility index (Phi) is 4.59. The molecule has 0 saturated heterocycles. The molecular weight excluding hydrogens is 344 g/mol. The van der Waals surface area contributed by atoms with Gasteiger partial charge in [0.25, 0.3) is 0 Å². The number of ketones is 1. The highest BCUT2D eigenvalue weighted by atomic mass is 32.2. The first-order valence-corrected chi connectivity index (χ1v) is 9.68. The zero-order chi connectivity index (χ0) is 18.1. The van der Waals surface area contributed by atoms with Crippen LogP contribution >= 0.6 is 11.8 Å². The zero-order valence-corrected chi connectivity index (χ0v) is 15.7. The normalized spacial score (nSPS) is 14.2. The lowest BCUT2D eigenvalue weighted by molar-refractivity contribution is 0.0993. The summed E-state index contributed by atoms with van der Waals surface area (Å²) < 4.78 is 1.68. The van der Waals surface area contributed by atoms with Crippen molar-refractivity contribution in [2.75, 3.05) is 0 Å². The van der Waals surface area contributed by atoms with Gasteiger partial charge < -0.3 is 0 Å². The lowest BCUT2D eigenvalue weighted by atomic mass is 10.0. The Morgan fingerprint density at radius 2 is 1.88 bits per heavy atom. The van der Waals surface area contributed by atoms with Crippen molar-refractivity contribution < 1.29 is 4.79 Å². The SMILES string of the molecule is Cc1ccc(-n2nnnc2S[C@@H](C)C(=O)c2ccc3c(c2)CCC3)cc1. The summed E-state index contributed by atoms with van der Waals surface area (Å²) in [7, 11) is 0. The van der Waals surface area contributed by atoms with E-state index in [-0.39, 0.29) is 11.0 Å². The van der Waals surface area contributed by atoms with Crippen molar-refractivity contribution in [1.82, 2.24) is 20.2 Å². The highest BCUT2D eigenvalue weighted by Crippen LogP contribution is 2.28. The highest BCUT2D eigenvalue weighted by Gasteiger charge is 2.22. The van der Waals surface area contributed by atoms with E-state index in [2.05, 4.69) is 27.7 Å². The molecule has 0 radical (unpaired) electrons. The number of hydrogen-bond acceptors (Lipinski definition) is 5. The minimum absolute atomic E-state index is 0.114. The van der Waals surface area contributed by atoms with Crippen LogP contribution in [0, 0.1) is 6.92 Å². The van der Waals surface area contributed by atoms with Gasteiger partial charge in [-0.15, -0.1) is 5.10 Å². The molecule has 2 aromatic carbocycles. The van der Waals surface area contributed by atoms with E-state index in [0.29, 0.717) is 5.16 Å². The smallest absolute Gasteiger partial charge is 0.214 e. The van der Waals surface area contributed by atoms with E-state index in [4.69, 9.17) is 0 Å². The number of nitrogens with zero attached hydrogens (tertiary/aromatic N) is 4. The van der Waals surface area contributed by atoms with Crippen LogP contribution in [0.4, 0.5) is 0 Å². The van der Waals surface area contributed by atoms with Gasteiger partial charge in [0.15, 0.2) is 5.78 Å². The standard InChI is InChI=1S/C20H20N4OS/c1-13-6-10-18(11-7-13)24-20(21-22-23-24)26-14(2)19(25)17-9-8-15-4-3-5-16(15)12-17/h6-12,14H,3-5H2,1-2H3/t14-/m0/s1. The predicted molar refractivity (Wildman–Crippen MR) is 102 cm³/mol. The zero-order valence-electron chi connectivity index (χ0n) is 14.8. The molecular formula is C20H20N4OS. The first kappa shape index (κ1) is 17.0. The second kappa shape index (κ2) is 7.03. The topological polar surface area (TPSA) is 60.7 Å². The van der Waals surface area contributed by atoms with Crippen molar-refractivity contribution >= 4 is 17.5 Å². The number of carbonyl (C=O) groups is 1. The van der Waals surface area contributed by atoms with Crippen molar-refractivity contribution in [3.8, 4) is 5.69 Å². The molecule has 0 amide bonds. The molecule has 1 aliphatic rings. The third-order valence-corrected chi connectivity index (χ3v) is 5.79.